The molecule has 0 bridgehead atoms. The minimum Gasteiger partial charge on any atom is -0.469 e. The third-order valence-electron chi connectivity index (χ3n) is 7.51. The van der Waals surface area contributed by atoms with Gasteiger partial charge in [0, 0.05) is 37.9 Å². The number of aromatic nitrogens is 1. The highest BCUT2D eigenvalue weighted by atomic mass is 19.2. The average Bonchev–Trinajstić information content (AvgIpc) is 2.97. The summed E-state index contributed by atoms with van der Waals surface area (Å²) in [6, 6.07) is 6.90. The summed E-state index contributed by atoms with van der Waals surface area (Å²) in [7, 11) is 2.66. The van der Waals surface area contributed by atoms with E-state index in [4.69, 9.17) is 9.47 Å². The molecule has 2 aliphatic heterocycles. The number of halogens is 2. The van der Waals surface area contributed by atoms with Crippen molar-refractivity contribution in [2.75, 3.05) is 40.5 Å². The number of hydrogen-bond acceptors (Lipinski definition) is 7. The summed E-state index contributed by atoms with van der Waals surface area (Å²) in [6.45, 7) is 1.07. The molecular weight excluding hydrogens is 522 g/mol. The van der Waals surface area contributed by atoms with E-state index in [-0.39, 0.29) is 31.4 Å². The number of nitrogens with zero attached hydrogens (tertiary/aromatic N) is 3. The molecule has 40 heavy (non-hydrogen) atoms. The van der Waals surface area contributed by atoms with Crippen LogP contribution in [0.4, 0.5) is 13.6 Å². The number of benzene rings is 1. The highest BCUT2D eigenvalue weighted by Gasteiger charge is 2.43. The smallest absolute Gasteiger partial charge is 0.324 e. The highest BCUT2D eigenvalue weighted by molar-refractivity contribution is 5.96. The second-order valence-corrected chi connectivity index (χ2v) is 9.92. The molecule has 0 saturated carbocycles. The molecular formula is C29H34F2N4O5. The van der Waals surface area contributed by atoms with Crippen LogP contribution in [-0.4, -0.2) is 79.2 Å². The molecule has 1 aromatic heterocycles. The van der Waals surface area contributed by atoms with Gasteiger partial charge in [0.2, 0.25) is 5.91 Å². The Kier molecular flexibility index (Phi) is 9.94. The zero-order valence-electron chi connectivity index (χ0n) is 22.6. The molecule has 4 rings (SSSR count). The first kappa shape index (κ1) is 29.3. The number of imide groups is 1. The number of rotatable bonds is 9. The van der Waals surface area contributed by atoms with Gasteiger partial charge in [-0.1, -0.05) is 24.3 Å². The maximum atomic E-state index is 14.5. The molecule has 11 heteroatoms. The molecule has 0 spiro atoms. The summed E-state index contributed by atoms with van der Waals surface area (Å²) in [5.41, 5.74) is 1.33. The SMILES string of the molecule is COCC(NC(=O)N1CC=CCC1=O)C(C(=O)OC)C(c1ccc(F)c(F)c1)N1CCC(c2ccccn2)CC1. The first-order valence-electron chi connectivity index (χ1n) is 13.3. The number of methoxy groups -OCH3 is 2. The molecule has 3 atom stereocenters. The minimum absolute atomic E-state index is 0.0888. The van der Waals surface area contributed by atoms with E-state index < -0.39 is 41.6 Å². The van der Waals surface area contributed by atoms with Crippen LogP contribution in [0.25, 0.3) is 0 Å². The second-order valence-electron chi connectivity index (χ2n) is 9.92. The minimum atomic E-state index is -1.07. The van der Waals surface area contributed by atoms with Gasteiger partial charge in [-0.3, -0.25) is 24.4 Å². The number of carbonyl (C=O) groups is 3. The van der Waals surface area contributed by atoms with Crippen LogP contribution in [0.2, 0.25) is 0 Å². The first-order valence-corrected chi connectivity index (χ1v) is 13.3. The van der Waals surface area contributed by atoms with Crippen molar-refractivity contribution < 1.29 is 32.6 Å². The second kappa shape index (κ2) is 13.6. The van der Waals surface area contributed by atoms with Crippen molar-refractivity contribution in [1.29, 1.82) is 0 Å². The van der Waals surface area contributed by atoms with Crippen molar-refractivity contribution >= 4 is 17.9 Å². The summed E-state index contributed by atoms with van der Waals surface area (Å²) in [5.74, 6) is -3.96. The molecule has 2 aromatic rings. The third-order valence-corrected chi connectivity index (χ3v) is 7.51. The number of amides is 3. The maximum Gasteiger partial charge on any atom is 0.324 e. The molecule has 1 aromatic carbocycles. The van der Waals surface area contributed by atoms with E-state index in [9.17, 15) is 23.2 Å². The Bertz CT molecular complexity index is 1220. The quantitative estimate of drug-likeness (QED) is 0.372. The summed E-state index contributed by atoms with van der Waals surface area (Å²) in [4.78, 5) is 46.5. The van der Waals surface area contributed by atoms with Crippen LogP contribution in [0.5, 0.6) is 0 Å². The van der Waals surface area contributed by atoms with Crippen LogP contribution in [0.1, 0.15) is 42.5 Å². The molecule has 0 radical (unpaired) electrons. The van der Waals surface area contributed by atoms with E-state index in [1.807, 2.05) is 23.1 Å². The number of urea groups is 1. The summed E-state index contributed by atoms with van der Waals surface area (Å²) < 4.78 is 39.0. The fourth-order valence-electron chi connectivity index (χ4n) is 5.51. The van der Waals surface area contributed by atoms with Gasteiger partial charge in [-0.15, -0.1) is 0 Å². The van der Waals surface area contributed by atoms with E-state index in [1.54, 1.807) is 18.3 Å². The standard InChI is InChI=1S/C29H34F2N4O5/c1-39-18-24(33-29(38)35-14-6-4-8-25(35)36)26(28(37)40-2)27(20-9-10-21(30)22(31)17-20)34-15-11-19(12-16-34)23-7-3-5-13-32-23/h3-7,9-10,13,17,19,24,26-27H,8,11-12,14-16,18H2,1-2H3,(H,33,38). The van der Waals surface area contributed by atoms with Crippen molar-refractivity contribution in [3.63, 3.8) is 0 Å². The van der Waals surface area contributed by atoms with Crippen molar-refractivity contribution in [1.82, 2.24) is 20.1 Å². The molecule has 3 heterocycles. The lowest BCUT2D eigenvalue weighted by molar-refractivity contribution is -0.150. The van der Waals surface area contributed by atoms with Crippen LogP contribution >= 0.6 is 0 Å². The Hall–Kier alpha value is -3.70. The fraction of sp³-hybridized carbons (Fsp3) is 0.448. The lowest BCUT2D eigenvalue weighted by Gasteiger charge is -2.42. The highest BCUT2D eigenvalue weighted by Crippen LogP contribution is 2.38. The van der Waals surface area contributed by atoms with Gasteiger partial charge in [0.1, 0.15) is 0 Å². The van der Waals surface area contributed by atoms with Crippen LogP contribution < -0.4 is 5.32 Å². The number of carbonyl (C=O) groups excluding carboxylic acids is 3. The molecule has 0 aliphatic carbocycles. The van der Waals surface area contributed by atoms with Crippen molar-refractivity contribution in [2.24, 2.45) is 5.92 Å². The lowest BCUT2D eigenvalue weighted by Crippen LogP contribution is -2.56. The molecule has 1 fully saturated rings. The number of hydrogen-bond donors (Lipinski definition) is 1. The number of piperidine rings is 1. The van der Waals surface area contributed by atoms with Crippen LogP contribution in [0.15, 0.2) is 54.7 Å². The van der Waals surface area contributed by atoms with E-state index in [0.29, 0.717) is 18.7 Å². The van der Waals surface area contributed by atoms with E-state index in [0.717, 1.165) is 35.6 Å². The number of ether oxygens (including phenoxy) is 2. The molecule has 2 aliphatic rings. The normalized spacial score (nSPS) is 18.7. The Balaban J connectivity index is 1.68. The molecule has 1 N–H and O–H groups in total. The van der Waals surface area contributed by atoms with Gasteiger partial charge in [-0.05, 0) is 55.8 Å². The molecule has 9 nitrogen and oxygen atoms in total. The zero-order valence-corrected chi connectivity index (χ0v) is 22.6. The topological polar surface area (TPSA) is 101 Å². The van der Waals surface area contributed by atoms with Gasteiger partial charge < -0.3 is 14.8 Å². The predicted molar refractivity (Wildman–Crippen MR) is 142 cm³/mol. The van der Waals surface area contributed by atoms with Crippen LogP contribution in [-0.2, 0) is 19.1 Å². The van der Waals surface area contributed by atoms with Gasteiger partial charge >= 0.3 is 12.0 Å². The number of nitrogens with one attached hydrogen (secondary N) is 1. The van der Waals surface area contributed by atoms with Crippen molar-refractivity contribution in [3.05, 3.63) is 77.6 Å². The largest absolute Gasteiger partial charge is 0.469 e. The molecule has 214 valence electrons. The number of pyridine rings is 1. The molecule has 1 saturated heterocycles. The van der Waals surface area contributed by atoms with E-state index in [1.165, 1.54) is 20.3 Å². The average molecular weight is 557 g/mol. The van der Waals surface area contributed by atoms with Gasteiger partial charge in [-0.25, -0.2) is 13.6 Å². The predicted octanol–water partition coefficient (Wildman–Crippen LogP) is 3.58. The van der Waals surface area contributed by atoms with Crippen LogP contribution in [0, 0.1) is 17.6 Å². The van der Waals surface area contributed by atoms with E-state index in [2.05, 4.69) is 10.3 Å². The maximum absolute atomic E-state index is 14.5. The van der Waals surface area contributed by atoms with Gasteiger partial charge in [-0.2, -0.15) is 0 Å². The third kappa shape index (κ3) is 6.71. The first-order chi connectivity index (χ1) is 19.3. The summed E-state index contributed by atoms with van der Waals surface area (Å²) in [6.07, 6.45) is 6.68. The fourth-order valence-corrected chi connectivity index (χ4v) is 5.51. The lowest BCUT2D eigenvalue weighted by atomic mass is 9.83. The van der Waals surface area contributed by atoms with Gasteiger partial charge in [0.05, 0.1) is 31.7 Å². The van der Waals surface area contributed by atoms with Crippen molar-refractivity contribution in [3.8, 4) is 0 Å². The monoisotopic (exact) mass is 556 g/mol. The van der Waals surface area contributed by atoms with E-state index >= 15 is 0 Å². The number of likely N-dealkylation sites (tertiary alicyclic amines) is 1. The Morgan fingerprint density at radius 1 is 1.10 bits per heavy atom. The summed E-state index contributed by atoms with van der Waals surface area (Å²) >= 11 is 0. The zero-order chi connectivity index (χ0) is 28.6. The van der Waals surface area contributed by atoms with Gasteiger partial charge in [0.25, 0.3) is 0 Å². The van der Waals surface area contributed by atoms with Gasteiger partial charge in [0.15, 0.2) is 11.6 Å². The van der Waals surface area contributed by atoms with Crippen molar-refractivity contribution in [2.45, 2.75) is 37.3 Å². The Labute approximate surface area is 232 Å². The Morgan fingerprint density at radius 3 is 2.50 bits per heavy atom. The number of esters is 1. The van der Waals surface area contributed by atoms with Crippen LogP contribution in [0.3, 0.4) is 0 Å². The molecule has 3 unspecified atom stereocenters. The Morgan fingerprint density at radius 2 is 1.88 bits per heavy atom. The summed E-state index contributed by atoms with van der Waals surface area (Å²) in [5, 5.41) is 2.79. The molecule has 3 amide bonds.